The second-order valence-corrected chi connectivity index (χ2v) is 5.07. The van der Waals surface area contributed by atoms with E-state index in [1.807, 2.05) is 0 Å². The Labute approximate surface area is 143 Å². The Morgan fingerprint density at radius 3 is 2.31 bits per heavy atom. The minimum Gasteiger partial charge on any atom is -0.372 e. The molecule has 0 heterocycles. The van der Waals surface area contributed by atoms with Gasteiger partial charge in [-0.2, -0.15) is 13.2 Å². The van der Waals surface area contributed by atoms with Crippen molar-refractivity contribution in [1.82, 2.24) is 0 Å². The quantitative estimate of drug-likeness (QED) is 0.470. The van der Waals surface area contributed by atoms with Gasteiger partial charge in [0, 0.05) is 23.8 Å². The van der Waals surface area contributed by atoms with Crippen molar-refractivity contribution in [2.24, 2.45) is 0 Å². The molecule has 0 aliphatic carbocycles. The first kappa shape index (κ1) is 18.8. The molecule has 26 heavy (non-hydrogen) atoms. The molecule has 11 heteroatoms. The van der Waals surface area contributed by atoms with Gasteiger partial charge in [-0.15, -0.1) is 0 Å². The maximum Gasteiger partial charge on any atom is 0.416 e. The number of benzene rings is 2. The van der Waals surface area contributed by atoms with Gasteiger partial charge in [0.2, 0.25) is 0 Å². The molecule has 0 fully saturated rings. The molecule has 0 saturated carbocycles. The molecule has 0 atom stereocenters. The third-order valence-corrected chi connectivity index (χ3v) is 3.34. The van der Waals surface area contributed by atoms with Crippen molar-refractivity contribution in [3.8, 4) is 0 Å². The van der Waals surface area contributed by atoms with Crippen LogP contribution in [0.2, 0.25) is 0 Å². The topological polar surface area (TPSA) is 115 Å². The molecule has 0 saturated heterocycles. The van der Waals surface area contributed by atoms with Crippen molar-refractivity contribution >= 4 is 22.8 Å². The number of nitrogens with one attached hydrogen (secondary N) is 1. The number of halogens is 3. The van der Waals surface area contributed by atoms with Crippen molar-refractivity contribution < 1.29 is 27.8 Å². The standard InChI is InChI=1S/C15H10F3N3O5/c16-15(17,18)10-4-5-12(13(7-10)21(25)26)19-8-14(22)9-2-1-3-11(6-9)20(23)24/h1-7,19H,8H2. The van der Waals surface area contributed by atoms with Crippen LogP contribution in [0.3, 0.4) is 0 Å². The Bertz CT molecular complexity index is 883. The second kappa shape index (κ2) is 7.17. The summed E-state index contributed by atoms with van der Waals surface area (Å²) in [5.74, 6) is -0.622. The van der Waals surface area contributed by atoms with Gasteiger partial charge in [-0.1, -0.05) is 12.1 Å². The molecule has 136 valence electrons. The predicted molar refractivity (Wildman–Crippen MR) is 84.0 cm³/mol. The lowest BCUT2D eigenvalue weighted by atomic mass is 10.1. The zero-order chi connectivity index (χ0) is 19.5. The highest BCUT2D eigenvalue weighted by molar-refractivity contribution is 5.99. The maximum atomic E-state index is 12.6. The summed E-state index contributed by atoms with van der Waals surface area (Å²) in [6.07, 6.45) is -4.75. The fraction of sp³-hybridized carbons (Fsp3) is 0.133. The fourth-order valence-electron chi connectivity index (χ4n) is 2.08. The minimum absolute atomic E-state index is 0.0127. The van der Waals surface area contributed by atoms with E-state index in [0.29, 0.717) is 12.1 Å². The van der Waals surface area contributed by atoms with E-state index in [9.17, 15) is 38.2 Å². The maximum absolute atomic E-state index is 12.6. The molecule has 2 aromatic carbocycles. The third-order valence-electron chi connectivity index (χ3n) is 3.34. The first-order valence-corrected chi connectivity index (χ1v) is 6.97. The van der Waals surface area contributed by atoms with E-state index in [-0.39, 0.29) is 16.9 Å². The molecule has 8 nitrogen and oxygen atoms in total. The van der Waals surface area contributed by atoms with Crippen molar-refractivity contribution in [3.05, 3.63) is 73.8 Å². The van der Waals surface area contributed by atoms with Gasteiger partial charge in [-0.05, 0) is 12.1 Å². The molecule has 2 aromatic rings. The van der Waals surface area contributed by atoms with Crippen LogP contribution in [-0.4, -0.2) is 22.2 Å². The van der Waals surface area contributed by atoms with Crippen molar-refractivity contribution in [1.29, 1.82) is 0 Å². The monoisotopic (exact) mass is 369 g/mol. The molecule has 0 unspecified atom stereocenters. The molecule has 0 bridgehead atoms. The SMILES string of the molecule is O=C(CNc1ccc(C(F)(F)F)cc1[N+](=O)[O-])c1cccc([N+](=O)[O-])c1. The summed E-state index contributed by atoms with van der Waals surface area (Å²) in [6.45, 7) is -0.493. The van der Waals surface area contributed by atoms with Crippen LogP contribution in [0.25, 0.3) is 0 Å². The number of non-ortho nitro benzene ring substituents is 1. The van der Waals surface area contributed by atoms with E-state index >= 15 is 0 Å². The molecule has 1 N–H and O–H groups in total. The summed E-state index contributed by atoms with van der Waals surface area (Å²) in [7, 11) is 0. The molecule has 0 amide bonds. The largest absolute Gasteiger partial charge is 0.416 e. The Kier molecular flexibility index (Phi) is 5.19. The number of ketones is 1. The number of alkyl halides is 3. The van der Waals surface area contributed by atoms with Gasteiger partial charge in [0.05, 0.1) is 22.0 Å². The van der Waals surface area contributed by atoms with Crippen LogP contribution < -0.4 is 5.32 Å². The molecule has 2 rings (SSSR count). The van der Waals surface area contributed by atoms with Crippen LogP contribution in [0, 0.1) is 20.2 Å². The molecule has 0 spiro atoms. The number of rotatable bonds is 6. The molecule has 0 aliphatic heterocycles. The number of Topliss-reactive ketones (excluding diaryl/α,β-unsaturated/α-hetero) is 1. The number of anilines is 1. The Morgan fingerprint density at radius 1 is 1.04 bits per heavy atom. The Morgan fingerprint density at radius 2 is 1.73 bits per heavy atom. The predicted octanol–water partition coefficient (Wildman–Crippen LogP) is 3.82. The van der Waals surface area contributed by atoms with Crippen molar-refractivity contribution in [2.75, 3.05) is 11.9 Å². The summed E-state index contributed by atoms with van der Waals surface area (Å²) in [4.78, 5) is 32.0. The summed E-state index contributed by atoms with van der Waals surface area (Å²) >= 11 is 0. The summed E-state index contributed by atoms with van der Waals surface area (Å²) in [6, 6.07) is 6.69. The zero-order valence-corrected chi connectivity index (χ0v) is 12.8. The highest BCUT2D eigenvalue weighted by atomic mass is 19.4. The number of carbonyl (C=O) groups excluding carboxylic acids is 1. The molecular weight excluding hydrogens is 359 g/mol. The average molecular weight is 369 g/mol. The van der Waals surface area contributed by atoms with Crippen LogP contribution in [0.1, 0.15) is 15.9 Å². The van der Waals surface area contributed by atoms with E-state index in [0.717, 1.165) is 12.1 Å². The van der Waals surface area contributed by atoms with Crippen LogP contribution in [0.5, 0.6) is 0 Å². The number of hydrogen-bond acceptors (Lipinski definition) is 6. The number of nitrogens with zero attached hydrogens (tertiary/aromatic N) is 2. The minimum atomic E-state index is -4.75. The van der Waals surface area contributed by atoms with Gasteiger partial charge >= 0.3 is 6.18 Å². The summed E-state index contributed by atoms with van der Waals surface area (Å²) < 4.78 is 37.9. The van der Waals surface area contributed by atoms with Gasteiger partial charge in [0.15, 0.2) is 5.78 Å². The zero-order valence-electron chi connectivity index (χ0n) is 12.8. The second-order valence-electron chi connectivity index (χ2n) is 5.07. The Hall–Kier alpha value is -3.50. The van der Waals surface area contributed by atoms with Gasteiger partial charge in [0.25, 0.3) is 11.4 Å². The van der Waals surface area contributed by atoms with Crippen LogP contribution in [0.15, 0.2) is 42.5 Å². The summed E-state index contributed by atoms with van der Waals surface area (Å²) in [5, 5.41) is 24.1. The third kappa shape index (κ3) is 4.32. The molecule has 0 aromatic heterocycles. The average Bonchev–Trinajstić information content (AvgIpc) is 2.58. The smallest absolute Gasteiger partial charge is 0.372 e. The van der Waals surface area contributed by atoms with Gasteiger partial charge in [0.1, 0.15) is 5.69 Å². The van der Waals surface area contributed by atoms with E-state index in [1.54, 1.807) is 0 Å². The number of nitro groups is 2. The van der Waals surface area contributed by atoms with Crippen LogP contribution in [0.4, 0.5) is 30.2 Å². The lowest BCUT2D eigenvalue weighted by molar-refractivity contribution is -0.384. The Balaban J connectivity index is 2.21. The normalized spacial score (nSPS) is 11.0. The van der Waals surface area contributed by atoms with E-state index in [4.69, 9.17) is 0 Å². The first-order valence-electron chi connectivity index (χ1n) is 6.97. The number of hydrogen-bond donors (Lipinski definition) is 1. The number of carbonyl (C=O) groups is 1. The highest BCUT2D eigenvalue weighted by Crippen LogP contribution is 2.34. The van der Waals surface area contributed by atoms with Crippen LogP contribution in [-0.2, 0) is 6.18 Å². The molecule has 0 radical (unpaired) electrons. The van der Waals surface area contributed by atoms with Gasteiger partial charge in [-0.3, -0.25) is 25.0 Å². The van der Waals surface area contributed by atoms with E-state index < -0.39 is 39.6 Å². The van der Waals surface area contributed by atoms with Gasteiger partial charge in [-0.25, -0.2) is 0 Å². The molecular formula is C15H10F3N3O5. The summed E-state index contributed by atoms with van der Waals surface area (Å²) in [5.41, 5.74) is -2.63. The first-order chi connectivity index (χ1) is 12.1. The van der Waals surface area contributed by atoms with E-state index in [2.05, 4.69) is 5.32 Å². The van der Waals surface area contributed by atoms with Crippen LogP contribution >= 0.6 is 0 Å². The fourth-order valence-corrected chi connectivity index (χ4v) is 2.08. The van der Waals surface area contributed by atoms with Gasteiger partial charge < -0.3 is 5.32 Å². The van der Waals surface area contributed by atoms with Crippen molar-refractivity contribution in [2.45, 2.75) is 6.18 Å². The lowest BCUT2D eigenvalue weighted by Gasteiger charge is -2.10. The number of nitro benzene ring substituents is 2. The molecule has 0 aliphatic rings. The highest BCUT2D eigenvalue weighted by Gasteiger charge is 2.33. The van der Waals surface area contributed by atoms with Crippen molar-refractivity contribution in [3.63, 3.8) is 0 Å². The van der Waals surface area contributed by atoms with E-state index in [1.165, 1.54) is 18.2 Å². The lowest BCUT2D eigenvalue weighted by Crippen LogP contribution is -2.15.